The summed E-state index contributed by atoms with van der Waals surface area (Å²) in [5, 5.41) is 2.96. The van der Waals surface area contributed by atoms with E-state index in [4.69, 9.17) is 0 Å². The number of carbonyl (C=O) groups is 2. The molecule has 24 heavy (non-hydrogen) atoms. The minimum Gasteiger partial charge on any atom is -0.339 e. The van der Waals surface area contributed by atoms with Gasteiger partial charge in [-0.1, -0.05) is 44.4 Å². The van der Waals surface area contributed by atoms with Crippen molar-refractivity contribution in [2.45, 2.75) is 52.5 Å². The summed E-state index contributed by atoms with van der Waals surface area (Å²) in [5.41, 5.74) is 1.96. The third kappa shape index (κ3) is 3.47. The van der Waals surface area contributed by atoms with Crippen LogP contribution in [0.4, 0.5) is 5.69 Å². The van der Waals surface area contributed by atoms with Crippen molar-refractivity contribution >= 4 is 17.5 Å². The van der Waals surface area contributed by atoms with Crippen molar-refractivity contribution in [2.75, 3.05) is 11.9 Å². The van der Waals surface area contributed by atoms with Crippen LogP contribution in [-0.2, 0) is 9.59 Å². The molecular formula is C20H28N2O2. The molecule has 4 atom stereocenters. The van der Waals surface area contributed by atoms with Crippen molar-refractivity contribution in [1.29, 1.82) is 0 Å². The number of hydrogen-bond acceptors (Lipinski definition) is 2. The summed E-state index contributed by atoms with van der Waals surface area (Å²) in [6.07, 6.45) is 3.84. The molecule has 1 aromatic rings. The fraction of sp³-hybridized carbons (Fsp3) is 0.600. The highest BCUT2D eigenvalue weighted by Crippen LogP contribution is 2.35. The van der Waals surface area contributed by atoms with E-state index in [2.05, 4.69) is 19.2 Å². The van der Waals surface area contributed by atoms with Gasteiger partial charge in [0.15, 0.2) is 0 Å². The summed E-state index contributed by atoms with van der Waals surface area (Å²) in [6.45, 7) is 7.12. The second kappa shape index (κ2) is 6.96. The summed E-state index contributed by atoms with van der Waals surface area (Å²) in [5.74, 6) is 1.04. The maximum atomic E-state index is 12.5. The van der Waals surface area contributed by atoms with Crippen LogP contribution in [0.15, 0.2) is 24.3 Å². The highest BCUT2D eigenvalue weighted by Gasteiger charge is 2.41. The van der Waals surface area contributed by atoms with Crippen molar-refractivity contribution in [3.05, 3.63) is 29.8 Å². The van der Waals surface area contributed by atoms with Crippen molar-refractivity contribution in [3.63, 3.8) is 0 Å². The van der Waals surface area contributed by atoms with E-state index in [1.807, 2.05) is 36.1 Å². The molecule has 2 amide bonds. The molecular weight excluding hydrogens is 300 g/mol. The Balaban J connectivity index is 1.63. The van der Waals surface area contributed by atoms with Gasteiger partial charge in [0.1, 0.15) is 0 Å². The van der Waals surface area contributed by atoms with Crippen LogP contribution >= 0.6 is 0 Å². The predicted molar refractivity (Wildman–Crippen MR) is 95.6 cm³/mol. The number of benzene rings is 1. The average molecular weight is 328 g/mol. The van der Waals surface area contributed by atoms with E-state index in [1.54, 1.807) is 0 Å². The molecule has 0 spiro atoms. The lowest BCUT2D eigenvalue weighted by Gasteiger charge is -2.40. The number of carbonyl (C=O) groups excluding carboxylic acids is 2. The maximum absolute atomic E-state index is 12.5. The first-order chi connectivity index (χ1) is 11.5. The summed E-state index contributed by atoms with van der Waals surface area (Å²) < 4.78 is 0. The number of hydrogen-bond donors (Lipinski definition) is 1. The van der Waals surface area contributed by atoms with Gasteiger partial charge < -0.3 is 10.2 Å². The van der Waals surface area contributed by atoms with Crippen LogP contribution in [0.3, 0.4) is 0 Å². The van der Waals surface area contributed by atoms with Crippen LogP contribution in [0.1, 0.15) is 45.1 Å². The van der Waals surface area contributed by atoms with E-state index < -0.39 is 0 Å². The Labute approximate surface area is 144 Å². The Bertz CT molecular complexity index is 611. The van der Waals surface area contributed by atoms with E-state index in [9.17, 15) is 9.59 Å². The minimum atomic E-state index is -0.233. The zero-order valence-electron chi connectivity index (χ0n) is 14.9. The molecule has 1 aliphatic heterocycles. The van der Waals surface area contributed by atoms with Gasteiger partial charge in [0.05, 0.1) is 5.92 Å². The first kappa shape index (κ1) is 17.0. The zero-order valence-corrected chi connectivity index (χ0v) is 14.9. The van der Waals surface area contributed by atoms with Gasteiger partial charge in [-0.3, -0.25) is 9.59 Å². The number of likely N-dealkylation sites (tertiary alicyclic amines) is 1. The molecule has 0 aromatic heterocycles. The lowest BCUT2D eigenvalue weighted by Crippen LogP contribution is -2.45. The van der Waals surface area contributed by atoms with Gasteiger partial charge in [-0.25, -0.2) is 0 Å². The second-order valence-electron chi connectivity index (χ2n) is 7.64. The van der Waals surface area contributed by atoms with Gasteiger partial charge in [0.25, 0.3) is 0 Å². The lowest BCUT2D eigenvalue weighted by molar-refractivity contribution is -0.131. The van der Waals surface area contributed by atoms with E-state index >= 15 is 0 Å². The van der Waals surface area contributed by atoms with Crippen LogP contribution in [-0.4, -0.2) is 29.3 Å². The van der Waals surface area contributed by atoms with E-state index in [0.717, 1.165) is 17.7 Å². The molecule has 4 nitrogen and oxygen atoms in total. The topological polar surface area (TPSA) is 49.4 Å². The SMILES string of the molecule is Cc1ccc(NC(=O)[C@H]2CC(=O)N([C@@H]3CCC[C@H](C)[C@@H]3C)C2)cc1. The second-order valence-corrected chi connectivity index (χ2v) is 7.64. The number of rotatable bonds is 3. The van der Waals surface area contributed by atoms with E-state index in [0.29, 0.717) is 30.8 Å². The lowest BCUT2D eigenvalue weighted by atomic mass is 9.77. The summed E-state index contributed by atoms with van der Waals surface area (Å²) in [6, 6.07) is 8.08. The Morgan fingerprint density at radius 3 is 2.58 bits per heavy atom. The van der Waals surface area contributed by atoms with Crippen molar-refractivity contribution < 1.29 is 9.59 Å². The molecule has 2 fully saturated rings. The normalized spacial score (nSPS) is 30.5. The number of amides is 2. The highest BCUT2D eigenvalue weighted by molar-refractivity contribution is 5.97. The van der Waals surface area contributed by atoms with Gasteiger partial charge in [-0.2, -0.15) is 0 Å². The van der Waals surface area contributed by atoms with Gasteiger partial charge in [-0.05, 0) is 37.3 Å². The number of anilines is 1. The van der Waals surface area contributed by atoms with E-state index in [1.165, 1.54) is 12.8 Å². The predicted octanol–water partition coefficient (Wildman–Crippen LogP) is 3.61. The highest BCUT2D eigenvalue weighted by atomic mass is 16.2. The number of nitrogens with one attached hydrogen (secondary N) is 1. The summed E-state index contributed by atoms with van der Waals surface area (Å²) in [7, 11) is 0. The molecule has 0 unspecified atom stereocenters. The first-order valence-corrected chi connectivity index (χ1v) is 9.12. The summed E-state index contributed by atoms with van der Waals surface area (Å²) in [4.78, 5) is 27.0. The van der Waals surface area contributed by atoms with Crippen molar-refractivity contribution in [3.8, 4) is 0 Å². The van der Waals surface area contributed by atoms with Gasteiger partial charge in [-0.15, -0.1) is 0 Å². The van der Waals surface area contributed by atoms with Crippen molar-refractivity contribution in [2.24, 2.45) is 17.8 Å². The fourth-order valence-electron chi connectivity index (χ4n) is 4.10. The largest absolute Gasteiger partial charge is 0.339 e. The van der Waals surface area contributed by atoms with Gasteiger partial charge in [0, 0.05) is 24.7 Å². The molecule has 2 aliphatic rings. The maximum Gasteiger partial charge on any atom is 0.229 e. The van der Waals surface area contributed by atoms with Crippen LogP contribution in [0, 0.1) is 24.7 Å². The molecule has 1 saturated carbocycles. The summed E-state index contributed by atoms with van der Waals surface area (Å²) >= 11 is 0. The third-order valence-corrected chi connectivity index (χ3v) is 5.91. The van der Waals surface area contributed by atoms with Crippen molar-refractivity contribution in [1.82, 2.24) is 4.90 Å². The smallest absolute Gasteiger partial charge is 0.229 e. The molecule has 1 saturated heterocycles. The molecule has 3 rings (SSSR count). The van der Waals surface area contributed by atoms with Crippen LogP contribution in [0.2, 0.25) is 0 Å². The Hall–Kier alpha value is -1.84. The average Bonchev–Trinajstić information content (AvgIpc) is 2.94. The Morgan fingerprint density at radius 2 is 1.88 bits per heavy atom. The molecule has 1 N–H and O–H groups in total. The third-order valence-electron chi connectivity index (χ3n) is 5.91. The molecule has 0 bridgehead atoms. The monoisotopic (exact) mass is 328 g/mol. The Morgan fingerprint density at radius 1 is 1.17 bits per heavy atom. The minimum absolute atomic E-state index is 0.0359. The molecule has 0 radical (unpaired) electrons. The van der Waals surface area contributed by atoms with Gasteiger partial charge in [0.2, 0.25) is 11.8 Å². The fourth-order valence-corrected chi connectivity index (χ4v) is 4.10. The molecule has 130 valence electrons. The Kier molecular flexibility index (Phi) is 4.93. The first-order valence-electron chi connectivity index (χ1n) is 9.12. The number of aryl methyl sites for hydroxylation is 1. The molecule has 1 aromatic carbocycles. The quantitative estimate of drug-likeness (QED) is 0.921. The molecule has 1 aliphatic carbocycles. The van der Waals surface area contributed by atoms with Crippen LogP contribution in [0.5, 0.6) is 0 Å². The van der Waals surface area contributed by atoms with Crippen LogP contribution < -0.4 is 5.32 Å². The zero-order chi connectivity index (χ0) is 17.3. The molecule has 4 heteroatoms. The standard InChI is InChI=1S/C20H28N2O2/c1-13-7-9-17(10-8-13)21-20(24)16-11-19(23)22(12-16)18-6-4-5-14(2)15(18)3/h7-10,14-16,18H,4-6,11-12H2,1-3H3,(H,21,24)/t14-,15-,16-,18+/m0/s1. The number of nitrogens with zero attached hydrogens (tertiary/aromatic N) is 1. The van der Waals surface area contributed by atoms with E-state index in [-0.39, 0.29) is 17.7 Å². The van der Waals surface area contributed by atoms with Gasteiger partial charge >= 0.3 is 0 Å². The molecule has 1 heterocycles. The van der Waals surface area contributed by atoms with Crippen LogP contribution in [0.25, 0.3) is 0 Å².